The van der Waals surface area contributed by atoms with Gasteiger partial charge in [0.15, 0.2) is 11.6 Å². The van der Waals surface area contributed by atoms with E-state index in [-0.39, 0.29) is 25.2 Å². The number of rotatable bonds is 2. The van der Waals surface area contributed by atoms with E-state index in [4.69, 9.17) is 4.74 Å². The molecule has 0 spiro atoms. The molecule has 1 aromatic carbocycles. The number of piperidine rings is 1. The number of carbonyl (C=O) groups excluding carboxylic acids is 2. The van der Waals surface area contributed by atoms with Gasteiger partial charge in [-0.05, 0) is 44.9 Å². The summed E-state index contributed by atoms with van der Waals surface area (Å²) in [5.41, 5.74) is -0.0676. The molecule has 0 aliphatic carbocycles. The number of carbonyl (C=O) groups is 2. The highest BCUT2D eigenvalue weighted by molar-refractivity contribution is 5.84. The second-order valence-electron chi connectivity index (χ2n) is 6.79. The van der Waals surface area contributed by atoms with Crippen LogP contribution in [0.4, 0.5) is 13.6 Å². The first-order valence-electron chi connectivity index (χ1n) is 7.60. The summed E-state index contributed by atoms with van der Waals surface area (Å²) in [5, 5.41) is 0. The van der Waals surface area contributed by atoms with Crippen LogP contribution in [0.3, 0.4) is 0 Å². The van der Waals surface area contributed by atoms with Crippen LogP contribution < -0.4 is 0 Å². The molecule has 6 heteroatoms. The summed E-state index contributed by atoms with van der Waals surface area (Å²) in [5.74, 6) is -2.26. The van der Waals surface area contributed by atoms with Crippen molar-refractivity contribution in [2.75, 3.05) is 13.1 Å². The van der Waals surface area contributed by atoms with Crippen molar-refractivity contribution < 1.29 is 23.1 Å². The van der Waals surface area contributed by atoms with E-state index < -0.39 is 29.2 Å². The molecule has 0 radical (unpaired) electrons. The second kappa shape index (κ2) is 6.64. The molecule has 0 saturated carbocycles. The van der Waals surface area contributed by atoms with Crippen molar-refractivity contribution in [3.63, 3.8) is 0 Å². The van der Waals surface area contributed by atoms with Crippen LogP contribution in [0, 0.1) is 17.6 Å². The fourth-order valence-corrected chi connectivity index (χ4v) is 2.53. The monoisotopic (exact) mass is 325 g/mol. The molecule has 23 heavy (non-hydrogen) atoms. The number of nitrogens with zero attached hydrogens (tertiary/aromatic N) is 1. The van der Waals surface area contributed by atoms with Crippen LogP contribution in [-0.4, -0.2) is 35.5 Å². The highest BCUT2D eigenvalue weighted by atomic mass is 19.2. The third-order valence-electron chi connectivity index (χ3n) is 3.64. The number of Topliss-reactive ketones (excluding diaryl/α,β-unsaturated/α-hetero) is 1. The van der Waals surface area contributed by atoms with Gasteiger partial charge in [-0.15, -0.1) is 0 Å². The molecule has 126 valence electrons. The zero-order chi connectivity index (χ0) is 17.2. The van der Waals surface area contributed by atoms with Crippen molar-refractivity contribution in [2.45, 2.75) is 39.2 Å². The van der Waals surface area contributed by atoms with Gasteiger partial charge in [0.2, 0.25) is 0 Å². The Balaban J connectivity index is 2.04. The molecule has 0 N–H and O–H groups in total. The molecular formula is C17H21F2NO3. The maximum absolute atomic E-state index is 13.3. The van der Waals surface area contributed by atoms with Gasteiger partial charge in [-0.3, -0.25) is 4.79 Å². The first-order chi connectivity index (χ1) is 10.7. The van der Waals surface area contributed by atoms with Gasteiger partial charge in [0.1, 0.15) is 11.4 Å². The number of hydrogen-bond donors (Lipinski definition) is 0. The SMILES string of the molecule is CC(C)(C)OC(=O)N1CCC(=O)C(Cc2ccc(F)c(F)c2)C1. The number of hydrogen-bond acceptors (Lipinski definition) is 3. The fraction of sp³-hybridized carbons (Fsp3) is 0.529. The van der Waals surface area contributed by atoms with Gasteiger partial charge in [-0.2, -0.15) is 0 Å². The van der Waals surface area contributed by atoms with Crippen LogP contribution in [0.1, 0.15) is 32.8 Å². The first kappa shape index (κ1) is 17.4. The van der Waals surface area contributed by atoms with Gasteiger partial charge in [0, 0.05) is 25.4 Å². The summed E-state index contributed by atoms with van der Waals surface area (Å²) in [6, 6.07) is 3.59. The fourth-order valence-electron chi connectivity index (χ4n) is 2.53. The zero-order valence-corrected chi connectivity index (χ0v) is 13.6. The number of likely N-dealkylation sites (tertiary alicyclic amines) is 1. The maximum Gasteiger partial charge on any atom is 0.410 e. The lowest BCUT2D eigenvalue weighted by atomic mass is 9.90. The molecule has 0 bridgehead atoms. The third-order valence-corrected chi connectivity index (χ3v) is 3.64. The minimum atomic E-state index is -0.935. The number of amides is 1. The van der Waals surface area contributed by atoms with E-state index in [1.807, 2.05) is 0 Å². The Morgan fingerprint density at radius 1 is 1.30 bits per heavy atom. The average molecular weight is 325 g/mol. The number of ether oxygens (including phenoxy) is 1. The van der Waals surface area contributed by atoms with Crippen LogP contribution in [0.25, 0.3) is 0 Å². The average Bonchev–Trinajstić information content (AvgIpc) is 2.43. The quantitative estimate of drug-likeness (QED) is 0.838. The van der Waals surface area contributed by atoms with E-state index in [0.29, 0.717) is 12.1 Å². The predicted molar refractivity (Wildman–Crippen MR) is 81.0 cm³/mol. The van der Waals surface area contributed by atoms with Crippen LogP contribution >= 0.6 is 0 Å². The molecule has 1 aromatic rings. The maximum atomic E-state index is 13.3. The molecule has 1 aliphatic rings. The van der Waals surface area contributed by atoms with Crippen LogP contribution in [0.5, 0.6) is 0 Å². The topological polar surface area (TPSA) is 46.6 Å². The number of benzene rings is 1. The summed E-state index contributed by atoms with van der Waals surface area (Å²) in [6.45, 7) is 5.88. The van der Waals surface area contributed by atoms with E-state index in [9.17, 15) is 18.4 Å². The Hall–Kier alpha value is -1.98. The van der Waals surface area contributed by atoms with Gasteiger partial charge in [0.25, 0.3) is 0 Å². The van der Waals surface area contributed by atoms with Gasteiger partial charge in [-0.25, -0.2) is 13.6 Å². The number of halogens is 2. The largest absolute Gasteiger partial charge is 0.444 e. The second-order valence-corrected chi connectivity index (χ2v) is 6.79. The smallest absolute Gasteiger partial charge is 0.410 e. The van der Waals surface area contributed by atoms with E-state index in [2.05, 4.69) is 0 Å². The van der Waals surface area contributed by atoms with Crippen LogP contribution in [0.2, 0.25) is 0 Å². The van der Waals surface area contributed by atoms with Crippen LogP contribution in [-0.2, 0) is 16.0 Å². The predicted octanol–water partition coefficient (Wildman–Crippen LogP) is 3.33. The molecular weight excluding hydrogens is 304 g/mol. The van der Waals surface area contributed by atoms with Gasteiger partial charge >= 0.3 is 6.09 Å². The van der Waals surface area contributed by atoms with E-state index in [1.54, 1.807) is 20.8 Å². The normalized spacial score (nSPS) is 18.9. The van der Waals surface area contributed by atoms with E-state index in [0.717, 1.165) is 12.1 Å². The summed E-state index contributed by atoms with van der Waals surface area (Å²) < 4.78 is 31.6. The van der Waals surface area contributed by atoms with Crippen molar-refractivity contribution in [1.29, 1.82) is 0 Å². The molecule has 1 aliphatic heterocycles. The lowest BCUT2D eigenvalue weighted by Gasteiger charge is -2.33. The Labute approximate surface area is 134 Å². The standard InChI is InChI=1S/C17H21F2NO3/c1-17(2,3)23-16(22)20-7-6-15(21)12(10-20)8-11-4-5-13(18)14(19)9-11/h4-5,9,12H,6-8,10H2,1-3H3. The van der Waals surface area contributed by atoms with Crippen LogP contribution in [0.15, 0.2) is 18.2 Å². The lowest BCUT2D eigenvalue weighted by molar-refractivity contribution is -0.125. The van der Waals surface area contributed by atoms with E-state index in [1.165, 1.54) is 11.0 Å². The summed E-state index contributed by atoms with van der Waals surface area (Å²) >= 11 is 0. The van der Waals surface area contributed by atoms with Gasteiger partial charge < -0.3 is 9.64 Å². The molecule has 4 nitrogen and oxygen atoms in total. The van der Waals surface area contributed by atoms with Crippen molar-refractivity contribution in [1.82, 2.24) is 4.90 Å². The molecule has 1 amide bonds. The molecule has 1 heterocycles. The minimum absolute atomic E-state index is 0.0227. The third kappa shape index (κ3) is 4.74. The van der Waals surface area contributed by atoms with Crippen molar-refractivity contribution >= 4 is 11.9 Å². The molecule has 1 atom stereocenters. The first-order valence-corrected chi connectivity index (χ1v) is 7.60. The summed E-state index contributed by atoms with van der Waals surface area (Å²) in [6.07, 6.45) is 0.0587. The van der Waals surface area contributed by atoms with Crippen molar-refractivity contribution in [3.05, 3.63) is 35.4 Å². The van der Waals surface area contributed by atoms with E-state index >= 15 is 0 Å². The van der Waals surface area contributed by atoms with Gasteiger partial charge in [0.05, 0.1) is 0 Å². The number of ketones is 1. The molecule has 1 fully saturated rings. The summed E-state index contributed by atoms with van der Waals surface area (Å²) in [7, 11) is 0. The Bertz CT molecular complexity index is 610. The zero-order valence-electron chi connectivity index (χ0n) is 13.6. The molecule has 2 rings (SSSR count). The highest BCUT2D eigenvalue weighted by Gasteiger charge is 2.32. The molecule has 0 aromatic heterocycles. The molecule has 1 unspecified atom stereocenters. The Morgan fingerprint density at radius 3 is 2.61 bits per heavy atom. The lowest BCUT2D eigenvalue weighted by Crippen LogP contribution is -2.46. The molecule has 1 saturated heterocycles. The highest BCUT2D eigenvalue weighted by Crippen LogP contribution is 2.21. The van der Waals surface area contributed by atoms with Crippen molar-refractivity contribution in [3.8, 4) is 0 Å². The minimum Gasteiger partial charge on any atom is -0.444 e. The Kier molecular flexibility index (Phi) is 5.02. The van der Waals surface area contributed by atoms with Gasteiger partial charge in [-0.1, -0.05) is 6.07 Å². The Morgan fingerprint density at radius 2 is 2.00 bits per heavy atom. The van der Waals surface area contributed by atoms with Crippen molar-refractivity contribution in [2.24, 2.45) is 5.92 Å². The summed E-state index contributed by atoms with van der Waals surface area (Å²) in [4.78, 5) is 25.7.